The molecule has 2 nitrogen and oxygen atoms in total. The Kier molecular flexibility index (Phi) is 8.93. The highest BCUT2D eigenvalue weighted by molar-refractivity contribution is 7.00. The number of rotatable bonds is 3. The maximum absolute atomic E-state index is 2.70. The SMILES string of the molecule is Cc1cc(-c2ccccc2)ccc1N1c2cc3c(cc2B2c4ccc(C(C)(C)C)cc4N(c4cccc5c4-c4ccccc4C5(C)C)c4cc(C(C)(C)C)cc1c42)C(C)(C)CCC3(C)C. The van der Waals surface area contributed by atoms with Gasteiger partial charge in [-0.15, -0.1) is 0 Å². The minimum absolute atomic E-state index is 0.0357. The minimum Gasteiger partial charge on any atom is -0.311 e. The lowest BCUT2D eigenvalue weighted by atomic mass is 9.33. The zero-order valence-electron chi connectivity index (χ0n) is 41.1. The van der Waals surface area contributed by atoms with Crippen molar-refractivity contribution >= 4 is 57.2 Å². The molecule has 0 bridgehead atoms. The second-order valence-corrected chi connectivity index (χ2v) is 23.8. The zero-order chi connectivity index (χ0) is 45.7. The van der Waals surface area contributed by atoms with E-state index in [0.29, 0.717) is 0 Å². The van der Waals surface area contributed by atoms with Crippen LogP contribution in [0.4, 0.5) is 34.1 Å². The quantitative estimate of drug-likeness (QED) is 0.163. The third-order valence-electron chi connectivity index (χ3n) is 16.1. The van der Waals surface area contributed by atoms with Gasteiger partial charge in [-0.1, -0.05) is 174 Å². The lowest BCUT2D eigenvalue weighted by molar-refractivity contribution is 0.332. The van der Waals surface area contributed by atoms with Crippen molar-refractivity contribution in [3.63, 3.8) is 0 Å². The van der Waals surface area contributed by atoms with Crippen LogP contribution in [0, 0.1) is 6.92 Å². The molecule has 4 aliphatic rings. The van der Waals surface area contributed by atoms with Crippen LogP contribution in [0.1, 0.15) is 135 Å². The van der Waals surface area contributed by atoms with Crippen LogP contribution in [0.2, 0.25) is 0 Å². The Morgan fingerprint density at radius 3 is 1.69 bits per heavy atom. The largest absolute Gasteiger partial charge is 0.311 e. The summed E-state index contributed by atoms with van der Waals surface area (Å²) >= 11 is 0. The van der Waals surface area contributed by atoms with Crippen LogP contribution >= 0.6 is 0 Å². The molecule has 0 N–H and O–H groups in total. The summed E-state index contributed by atoms with van der Waals surface area (Å²) in [5.74, 6) is 0. The van der Waals surface area contributed by atoms with Crippen molar-refractivity contribution in [3.8, 4) is 22.3 Å². The Hall–Kier alpha value is -5.80. The Morgan fingerprint density at radius 2 is 1.03 bits per heavy atom. The van der Waals surface area contributed by atoms with E-state index in [2.05, 4.69) is 233 Å². The predicted molar refractivity (Wildman–Crippen MR) is 281 cm³/mol. The molecule has 2 aliphatic carbocycles. The average molecular weight is 849 g/mol. The number of hydrogen-bond acceptors (Lipinski definition) is 2. The molecule has 0 unspecified atom stereocenters. The van der Waals surface area contributed by atoms with Gasteiger partial charge in [0.1, 0.15) is 0 Å². The second kappa shape index (κ2) is 13.9. The summed E-state index contributed by atoms with van der Waals surface area (Å²) in [7, 11) is 0. The number of aryl methyl sites for hydroxylation is 1. The van der Waals surface area contributed by atoms with Crippen LogP contribution in [0.25, 0.3) is 22.3 Å². The lowest BCUT2D eigenvalue weighted by Gasteiger charge is -2.48. The van der Waals surface area contributed by atoms with Crippen molar-refractivity contribution in [2.24, 2.45) is 0 Å². The molecular formula is C62H65BN2. The number of benzene rings is 7. The summed E-state index contributed by atoms with van der Waals surface area (Å²) in [6.45, 7) is 31.3. The molecule has 2 aliphatic heterocycles. The van der Waals surface area contributed by atoms with Gasteiger partial charge in [0.25, 0.3) is 6.71 Å². The molecule has 326 valence electrons. The van der Waals surface area contributed by atoms with Crippen LogP contribution in [-0.2, 0) is 27.1 Å². The standard InChI is InChI=1S/C62H65BN2/c1-38-32-40(39-20-15-14-16-21-39)26-29-50(38)64-53-37-47-46(60(8,9)30-31-61(47,10)11)36-49(53)63-48-28-27-41(58(2,3)4)33-52(48)65(55-35-42(59(5,6)7)34-54(64)57(55)63)51-25-19-24-45-56(51)43-22-17-18-23-44(43)62(45,12)13/h14-29,32-37H,30-31H2,1-13H3. The van der Waals surface area contributed by atoms with Crippen molar-refractivity contribution in [3.05, 3.63) is 172 Å². The first-order valence-corrected chi connectivity index (χ1v) is 24.2. The highest BCUT2D eigenvalue weighted by Gasteiger charge is 2.48. The maximum Gasteiger partial charge on any atom is 0.252 e. The summed E-state index contributed by atoms with van der Waals surface area (Å²) < 4.78 is 0. The van der Waals surface area contributed by atoms with Gasteiger partial charge in [-0.25, -0.2) is 0 Å². The number of fused-ring (bicyclic) bond motifs is 8. The number of anilines is 6. The fourth-order valence-electron chi connectivity index (χ4n) is 12.1. The molecule has 7 aromatic rings. The summed E-state index contributed by atoms with van der Waals surface area (Å²) in [6.07, 6.45) is 2.34. The molecular weight excluding hydrogens is 784 g/mol. The first-order chi connectivity index (χ1) is 30.7. The van der Waals surface area contributed by atoms with Crippen LogP contribution < -0.4 is 26.2 Å². The monoisotopic (exact) mass is 849 g/mol. The molecule has 3 heteroatoms. The van der Waals surface area contributed by atoms with Gasteiger partial charge in [0.2, 0.25) is 0 Å². The Bertz CT molecular complexity index is 3110. The molecule has 0 fully saturated rings. The number of nitrogens with zero attached hydrogens (tertiary/aromatic N) is 2. The fourth-order valence-corrected chi connectivity index (χ4v) is 12.1. The maximum atomic E-state index is 2.70. The van der Waals surface area contributed by atoms with Crippen molar-refractivity contribution in [2.45, 2.75) is 130 Å². The van der Waals surface area contributed by atoms with E-state index >= 15 is 0 Å². The first-order valence-electron chi connectivity index (χ1n) is 24.2. The molecule has 0 atom stereocenters. The molecule has 65 heavy (non-hydrogen) atoms. The van der Waals surface area contributed by atoms with E-state index in [4.69, 9.17) is 0 Å². The van der Waals surface area contributed by atoms with E-state index < -0.39 is 0 Å². The van der Waals surface area contributed by atoms with Crippen molar-refractivity contribution < 1.29 is 0 Å². The van der Waals surface area contributed by atoms with Crippen LogP contribution in [0.3, 0.4) is 0 Å². The van der Waals surface area contributed by atoms with Crippen molar-refractivity contribution in [2.75, 3.05) is 9.80 Å². The molecule has 2 heterocycles. The van der Waals surface area contributed by atoms with Crippen LogP contribution in [0.5, 0.6) is 0 Å². The lowest BCUT2D eigenvalue weighted by Crippen LogP contribution is -2.62. The van der Waals surface area contributed by atoms with E-state index in [1.165, 1.54) is 125 Å². The second-order valence-electron chi connectivity index (χ2n) is 23.8. The molecule has 0 spiro atoms. The summed E-state index contributed by atoms with van der Waals surface area (Å²) in [5.41, 5.74) is 26.6. The highest BCUT2D eigenvalue weighted by Crippen LogP contribution is 2.56. The topological polar surface area (TPSA) is 6.48 Å². The molecule has 0 saturated heterocycles. The third kappa shape index (κ3) is 6.20. The molecule has 7 aromatic carbocycles. The van der Waals surface area contributed by atoms with Crippen LogP contribution in [0.15, 0.2) is 133 Å². The molecule has 11 rings (SSSR count). The fraction of sp³-hybridized carbons (Fsp3) is 0.323. The van der Waals surface area contributed by atoms with E-state index in [-0.39, 0.29) is 33.8 Å². The Labute approximate surface area is 389 Å². The van der Waals surface area contributed by atoms with E-state index in [1.807, 2.05) is 0 Å². The third-order valence-corrected chi connectivity index (χ3v) is 16.1. The summed E-state index contributed by atoms with van der Waals surface area (Å²) in [6, 6.07) is 52.2. The van der Waals surface area contributed by atoms with E-state index in [1.54, 1.807) is 0 Å². The first kappa shape index (κ1) is 41.9. The summed E-state index contributed by atoms with van der Waals surface area (Å²) in [4.78, 5) is 5.38. The van der Waals surface area contributed by atoms with Gasteiger partial charge in [-0.05, 0) is 156 Å². The Morgan fingerprint density at radius 1 is 0.446 bits per heavy atom. The van der Waals surface area contributed by atoms with Crippen molar-refractivity contribution in [1.29, 1.82) is 0 Å². The molecule has 0 amide bonds. The molecule has 0 aromatic heterocycles. The van der Waals surface area contributed by atoms with E-state index in [9.17, 15) is 0 Å². The van der Waals surface area contributed by atoms with Gasteiger partial charge >= 0.3 is 0 Å². The van der Waals surface area contributed by atoms with Gasteiger partial charge in [-0.2, -0.15) is 0 Å². The highest BCUT2D eigenvalue weighted by atomic mass is 15.2. The van der Waals surface area contributed by atoms with Gasteiger partial charge in [0, 0.05) is 39.4 Å². The van der Waals surface area contributed by atoms with Gasteiger partial charge in [-0.3, -0.25) is 0 Å². The van der Waals surface area contributed by atoms with Crippen LogP contribution in [-0.4, -0.2) is 6.71 Å². The van der Waals surface area contributed by atoms with Crippen molar-refractivity contribution in [1.82, 2.24) is 0 Å². The average Bonchev–Trinajstić information content (AvgIpc) is 3.50. The summed E-state index contributed by atoms with van der Waals surface area (Å²) in [5, 5.41) is 0. The normalized spacial score (nSPS) is 17.2. The zero-order valence-corrected chi connectivity index (χ0v) is 41.1. The van der Waals surface area contributed by atoms with Gasteiger partial charge in [0.15, 0.2) is 0 Å². The minimum atomic E-state index is -0.123. The van der Waals surface area contributed by atoms with Gasteiger partial charge < -0.3 is 9.80 Å². The predicted octanol–water partition coefficient (Wildman–Crippen LogP) is 15.0. The Balaban J connectivity index is 1.28. The van der Waals surface area contributed by atoms with E-state index in [0.717, 1.165) is 0 Å². The molecule has 0 saturated carbocycles. The smallest absolute Gasteiger partial charge is 0.252 e. The number of hydrogen-bond donors (Lipinski definition) is 0. The van der Waals surface area contributed by atoms with Gasteiger partial charge in [0.05, 0.1) is 5.69 Å². The molecule has 0 radical (unpaired) electrons.